The molecule has 6 nitrogen and oxygen atoms in total. The number of nitrogens with one attached hydrogen (secondary N) is 4. The maximum Gasteiger partial charge on any atom is 0.283 e. The predicted molar refractivity (Wildman–Crippen MR) is 144 cm³/mol. The van der Waals surface area contributed by atoms with Crippen molar-refractivity contribution in [3.05, 3.63) is 59.7 Å². The molecule has 1 amide bonds. The lowest BCUT2D eigenvalue weighted by Crippen LogP contribution is -2.19. The van der Waals surface area contributed by atoms with Crippen molar-refractivity contribution >= 4 is 45.1 Å². The van der Waals surface area contributed by atoms with Crippen molar-refractivity contribution < 1.29 is 9.18 Å². The molecular weight excluding hydrogens is 461 g/mol. The highest BCUT2D eigenvalue weighted by molar-refractivity contribution is 8.13. The summed E-state index contributed by atoms with van der Waals surface area (Å²) in [7, 11) is 0. The lowest BCUT2D eigenvalue weighted by atomic mass is 9.86. The van der Waals surface area contributed by atoms with Crippen LogP contribution in [-0.4, -0.2) is 27.5 Å². The molecule has 0 radical (unpaired) electrons. The number of halogens is 1. The van der Waals surface area contributed by atoms with E-state index in [1.165, 1.54) is 41.7 Å². The SMILES string of the molecule is CCNc1cc2c(cc1NC(=O)SCCC1C=CCC1)CCCC2Nc1cc(F)c2nc[nH]c2c1. The van der Waals surface area contributed by atoms with Crippen molar-refractivity contribution in [2.24, 2.45) is 5.92 Å². The molecule has 2 aliphatic carbocycles. The zero-order chi connectivity index (χ0) is 24.2. The van der Waals surface area contributed by atoms with Gasteiger partial charge in [-0.1, -0.05) is 23.9 Å². The number of thioether (sulfide) groups is 1. The zero-order valence-electron chi connectivity index (χ0n) is 20.0. The average Bonchev–Trinajstić information content (AvgIpc) is 3.52. The number of fused-ring (bicyclic) bond motifs is 2. The van der Waals surface area contributed by atoms with Gasteiger partial charge in [-0.15, -0.1) is 0 Å². The smallest absolute Gasteiger partial charge is 0.283 e. The Kier molecular flexibility index (Phi) is 7.27. The molecule has 2 unspecified atom stereocenters. The molecule has 0 fully saturated rings. The second-order valence-corrected chi connectivity index (χ2v) is 10.4. The number of amides is 1. The number of benzene rings is 2. The van der Waals surface area contributed by atoms with Gasteiger partial charge in [-0.3, -0.25) is 4.79 Å². The van der Waals surface area contributed by atoms with Gasteiger partial charge >= 0.3 is 0 Å². The quantitative estimate of drug-likeness (QED) is 0.249. The molecule has 8 heteroatoms. The van der Waals surface area contributed by atoms with Crippen molar-refractivity contribution in [1.82, 2.24) is 9.97 Å². The summed E-state index contributed by atoms with van der Waals surface area (Å²) in [5.41, 5.74) is 5.92. The maximum absolute atomic E-state index is 14.5. The number of carbonyl (C=O) groups excluding carboxylic acids is 1. The van der Waals surface area contributed by atoms with E-state index in [4.69, 9.17) is 0 Å². The molecule has 184 valence electrons. The third-order valence-electron chi connectivity index (χ3n) is 6.85. The topological polar surface area (TPSA) is 81.8 Å². The second kappa shape index (κ2) is 10.7. The molecule has 0 bridgehead atoms. The van der Waals surface area contributed by atoms with Gasteiger partial charge in [-0.05, 0) is 86.8 Å². The Bertz CT molecular complexity index is 1240. The number of H-pyrrole nitrogens is 1. The fraction of sp³-hybridized carbons (Fsp3) is 0.407. The highest BCUT2D eigenvalue weighted by Gasteiger charge is 2.23. The molecule has 2 aromatic carbocycles. The Hall–Kier alpha value is -3.00. The van der Waals surface area contributed by atoms with E-state index in [1.54, 1.807) is 0 Å². The van der Waals surface area contributed by atoms with Gasteiger partial charge in [0, 0.05) is 18.0 Å². The van der Waals surface area contributed by atoms with Crippen LogP contribution in [-0.2, 0) is 6.42 Å². The lowest BCUT2D eigenvalue weighted by molar-refractivity contribution is 0.269. The van der Waals surface area contributed by atoms with E-state index in [0.29, 0.717) is 17.0 Å². The summed E-state index contributed by atoms with van der Waals surface area (Å²) in [4.78, 5) is 19.7. The van der Waals surface area contributed by atoms with E-state index in [9.17, 15) is 9.18 Å². The third-order valence-corrected chi connectivity index (χ3v) is 7.65. The summed E-state index contributed by atoms with van der Waals surface area (Å²) in [5, 5.41) is 10.1. The number of rotatable bonds is 8. The van der Waals surface area contributed by atoms with Gasteiger partial charge < -0.3 is 20.9 Å². The number of aromatic amines is 1. The van der Waals surface area contributed by atoms with Crippen LogP contribution in [0, 0.1) is 11.7 Å². The molecule has 0 saturated carbocycles. The first kappa shape index (κ1) is 23.7. The van der Waals surface area contributed by atoms with Crippen LogP contribution in [0.5, 0.6) is 0 Å². The Labute approximate surface area is 209 Å². The number of imidazole rings is 1. The van der Waals surface area contributed by atoms with E-state index in [0.717, 1.165) is 61.5 Å². The summed E-state index contributed by atoms with van der Waals surface area (Å²) in [6, 6.07) is 7.73. The van der Waals surface area contributed by atoms with E-state index in [1.807, 2.05) is 13.0 Å². The van der Waals surface area contributed by atoms with Crippen LogP contribution >= 0.6 is 11.8 Å². The van der Waals surface area contributed by atoms with E-state index in [-0.39, 0.29) is 17.1 Å². The van der Waals surface area contributed by atoms with Gasteiger partial charge in [-0.2, -0.15) is 0 Å². The second-order valence-electron chi connectivity index (χ2n) is 9.29. The van der Waals surface area contributed by atoms with Crippen LogP contribution in [0.15, 0.2) is 42.7 Å². The lowest BCUT2D eigenvalue weighted by Gasteiger charge is -2.29. The first-order chi connectivity index (χ1) is 17.1. The van der Waals surface area contributed by atoms with Crippen LogP contribution in [0.3, 0.4) is 0 Å². The predicted octanol–water partition coefficient (Wildman–Crippen LogP) is 7.24. The molecule has 0 saturated heterocycles. The summed E-state index contributed by atoms with van der Waals surface area (Å²) < 4.78 is 14.5. The van der Waals surface area contributed by atoms with Crippen LogP contribution in [0.2, 0.25) is 0 Å². The minimum absolute atomic E-state index is 0.0140. The fourth-order valence-electron chi connectivity index (χ4n) is 5.12. The van der Waals surface area contributed by atoms with Crippen molar-refractivity contribution in [3.63, 3.8) is 0 Å². The van der Waals surface area contributed by atoms with E-state index < -0.39 is 0 Å². The number of hydrogen-bond donors (Lipinski definition) is 4. The van der Waals surface area contributed by atoms with Gasteiger partial charge in [0.15, 0.2) is 5.82 Å². The monoisotopic (exact) mass is 493 g/mol. The molecule has 4 N–H and O–H groups in total. The summed E-state index contributed by atoms with van der Waals surface area (Å²) in [6.45, 7) is 2.80. The highest BCUT2D eigenvalue weighted by Crippen LogP contribution is 2.38. The van der Waals surface area contributed by atoms with E-state index in [2.05, 4.69) is 50.2 Å². The molecule has 35 heavy (non-hydrogen) atoms. The summed E-state index contributed by atoms with van der Waals surface area (Å²) in [5.74, 6) is 1.10. The van der Waals surface area contributed by atoms with Gasteiger partial charge in [0.25, 0.3) is 5.24 Å². The van der Waals surface area contributed by atoms with Gasteiger partial charge in [0.05, 0.1) is 29.3 Å². The van der Waals surface area contributed by atoms with Crippen LogP contribution in [0.25, 0.3) is 11.0 Å². The van der Waals surface area contributed by atoms with Crippen molar-refractivity contribution in [1.29, 1.82) is 0 Å². The minimum atomic E-state index is -0.338. The Balaban J connectivity index is 1.31. The molecule has 1 aromatic heterocycles. The third kappa shape index (κ3) is 5.48. The molecule has 3 aromatic rings. The number of hydrogen-bond acceptors (Lipinski definition) is 5. The number of nitrogens with zero attached hydrogens (tertiary/aromatic N) is 1. The Morgan fingerprint density at radius 2 is 2.14 bits per heavy atom. The summed E-state index contributed by atoms with van der Waals surface area (Å²) >= 11 is 1.36. The first-order valence-electron chi connectivity index (χ1n) is 12.5. The molecule has 1 heterocycles. The molecular formula is C27H32FN5OS. The van der Waals surface area contributed by atoms with Crippen LogP contribution in [0.1, 0.15) is 56.2 Å². The van der Waals surface area contributed by atoms with E-state index >= 15 is 0 Å². The van der Waals surface area contributed by atoms with Gasteiger partial charge in [0.1, 0.15) is 5.52 Å². The Morgan fingerprint density at radius 3 is 2.97 bits per heavy atom. The van der Waals surface area contributed by atoms with Gasteiger partial charge in [0.2, 0.25) is 0 Å². The van der Waals surface area contributed by atoms with Crippen LogP contribution < -0.4 is 16.0 Å². The normalized spacial score (nSPS) is 19.0. The van der Waals surface area contributed by atoms with Crippen LogP contribution in [0.4, 0.5) is 26.2 Å². The van der Waals surface area contributed by atoms with Gasteiger partial charge in [-0.25, -0.2) is 9.37 Å². The molecule has 0 spiro atoms. The zero-order valence-corrected chi connectivity index (χ0v) is 20.8. The standard InChI is InChI=1S/C27H32FN5OS/c1-2-29-23-15-20-18(12-24(23)33-27(34)35-11-10-17-6-3-4-7-17)8-5-9-22(20)32-19-13-21(28)26-25(14-19)30-16-31-26/h3,6,12-17,22,29,32H,2,4-5,7-11H2,1H3,(H,30,31)(H,33,34). The summed E-state index contributed by atoms with van der Waals surface area (Å²) in [6.07, 6.45) is 12.4. The number of carbonyl (C=O) groups is 1. The average molecular weight is 494 g/mol. The number of aromatic nitrogens is 2. The van der Waals surface area contributed by atoms with Crippen molar-refractivity contribution in [3.8, 4) is 0 Å². The molecule has 5 rings (SSSR count). The number of allylic oxidation sites excluding steroid dienone is 2. The van der Waals surface area contributed by atoms with Crippen molar-refractivity contribution in [2.45, 2.75) is 51.5 Å². The maximum atomic E-state index is 14.5. The highest BCUT2D eigenvalue weighted by atomic mass is 32.2. The number of anilines is 3. The molecule has 0 aliphatic heterocycles. The first-order valence-corrected chi connectivity index (χ1v) is 13.5. The largest absolute Gasteiger partial charge is 0.384 e. The number of aryl methyl sites for hydroxylation is 1. The fourth-order valence-corrected chi connectivity index (χ4v) is 5.91. The minimum Gasteiger partial charge on any atom is -0.384 e. The Morgan fingerprint density at radius 1 is 1.23 bits per heavy atom. The van der Waals surface area contributed by atoms with Crippen molar-refractivity contribution in [2.75, 3.05) is 28.2 Å². The molecule has 2 atom stereocenters. The molecule has 2 aliphatic rings.